The molecule has 14 heavy (non-hydrogen) atoms. The number of alkyl halides is 3. The Labute approximate surface area is 79.5 Å². The largest absolute Gasteiger partial charge is 0.392 e. The van der Waals surface area contributed by atoms with Crippen LogP contribution in [0.4, 0.5) is 13.2 Å². The molecule has 2 rings (SSSR count). The molecule has 0 spiro atoms. The van der Waals surface area contributed by atoms with Crippen molar-refractivity contribution in [2.24, 2.45) is 5.92 Å². The van der Waals surface area contributed by atoms with Crippen LogP contribution in [-0.2, 0) is 12.8 Å². The van der Waals surface area contributed by atoms with Gasteiger partial charge in [-0.2, -0.15) is 13.2 Å². The van der Waals surface area contributed by atoms with Crippen molar-refractivity contribution < 1.29 is 13.2 Å². The minimum atomic E-state index is -4.07. The number of aromatic amines is 1. The van der Waals surface area contributed by atoms with Crippen molar-refractivity contribution in [3.63, 3.8) is 0 Å². The summed E-state index contributed by atoms with van der Waals surface area (Å²) in [4.78, 5) is 7.03. The van der Waals surface area contributed by atoms with Gasteiger partial charge in [-0.1, -0.05) is 0 Å². The Morgan fingerprint density at radius 1 is 1.43 bits per heavy atom. The lowest BCUT2D eigenvalue weighted by Gasteiger charge is -2.23. The lowest BCUT2D eigenvalue weighted by molar-refractivity contribution is -0.177. The molecule has 1 aromatic heterocycles. The topological polar surface area (TPSA) is 28.7 Å². The van der Waals surface area contributed by atoms with Crippen molar-refractivity contribution in [2.45, 2.75) is 32.4 Å². The van der Waals surface area contributed by atoms with E-state index in [1.165, 1.54) is 0 Å². The van der Waals surface area contributed by atoms with Crippen LogP contribution in [0.25, 0.3) is 0 Å². The molecule has 1 aliphatic carbocycles. The Kier molecular flexibility index (Phi) is 2.05. The van der Waals surface area contributed by atoms with Crippen LogP contribution in [0.15, 0.2) is 0 Å². The number of nitrogens with one attached hydrogen (secondary N) is 1. The van der Waals surface area contributed by atoms with Crippen LogP contribution in [0.3, 0.4) is 0 Å². The average molecular weight is 204 g/mol. The van der Waals surface area contributed by atoms with Crippen molar-refractivity contribution in [1.29, 1.82) is 0 Å². The summed E-state index contributed by atoms with van der Waals surface area (Å²) < 4.78 is 37.2. The lowest BCUT2D eigenvalue weighted by atomic mass is 9.89. The molecule has 1 aliphatic rings. The highest BCUT2D eigenvalue weighted by Gasteiger charge is 2.41. The van der Waals surface area contributed by atoms with Crippen LogP contribution in [0, 0.1) is 12.8 Å². The van der Waals surface area contributed by atoms with Gasteiger partial charge in [-0.05, 0) is 19.8 Å². The zero-order valence-electron chi connectivity index (χ0n) is 7.78. The van der Waals surface area contributed by atoms with Gasteiger partial charge in [-0.15, -0.1) is 0 Å². The number of halogens is 3. The molecular formula is C9H11F3N2. The SMILES string of the molecule is Cc1nc2c([nH]1)CC(C(F)(F)F)CC2. The highest BCUT2D eigenvalue weighted by Crippen LogP contribution is 2.36. The van der Waals surface area contributed by atoms with Crippen LogP contribution in [0.5, 0.6) is 0 Å². The number of rotatable bonds is 0. The summed E-state index contributed by atoms with van der Waals surface area (Å²) in [7, 11) is 0. The fraction of sp³-hybridized carbons (Fsp3) is 0.667. The molecule has 0 saturated carbocycles. The molecule has 0 radical (unpaired) electrons. The zero-order chi connectivity index (χ0) is 10.3. The molecule has 78 valence electrons. The number of imidazole rings is 1. The van der Waals surface area contributed by atoms with Gasteiger partial charge < -0.3 is 4.98 Å². The molecule has 5 heteroatoms. The predicted octanol–water partition coefficient (Wildman–Crippen LogP) is 2.39. The average Bonchev–Trinajstić information content (AvgIpc) is 2.41. The van der Waals surface area contributed by atoms with E-state index in [0.717, 1.165) is 5.69 Å². The molecule has 0 bridgehead atoms. The Morgan fingerprint density at radius 3 is 2.79 bits per heavy atom. The molecule has 1 unspecified atom stereocenters. The minimum Gasteiger partial charge on any atom is -0.346 e. The molecule has 1 heterocycles. The van der Waals surface area contributed by atoms with Gasteiger partial charge in [0.2, 0.25) is 0 Å². The number of fused-ring (bicyclic) bond motifs is 1. The molecule has 0 fully saturated rings. The van der Waals surface area contributed by atoms with Gasteiger partial charge in [0.05, 0.1) is 11.6 Å². The summed E-state index contributed by atoms with van der Waals surface area (Å²) in [6, 6.07) is 0. The second kappa shape index (κ2) is 3.00. The maximum absolute atomic E-state index is 12.4. The lowest BCUT2D eigenvalue weighted by Crippen LogP contribution is -2.28. The second-order valence-electron chi connectivity index (χ2n) is 3.73. The van der Waals surface area contributed by atoms with E-state index in [1.54, 1.807) is 6.92 Å². The fourth-order valence-corrected chi connectivity index (χ4v) is 1.90. The van der Waals surface area contributed by atoms with Crippen molar-refractivity contribution in [3.05, 3.63) is 17.2 Å². The summed E-state index contributed by atoms with van der Waals surface area (Å²) in [6.07, 6.45) is -3.42. The zero-order valence-corrected chi connectivity index (χ0v) is 7.78. The summed E-state index contributed by atoms with van der Waals surface area (Å²) in [5.74, 6) is -0.493. The van der Waals surface area contributed by atoms with E-state index in [9.17, 15) is 13.2 Å². The van der Waals surface area contributed by atoms with Gasteiger partial charge in [0.15, 0.2) is 0 Å². The standard InChI is InChI=1S/C9H11F3N2/c1-5-13-7-3-2-6(9(10,11)12)4-8(7)14-5/h6H,2-4H2,1H3,(H,13,14). The number of H-pyrrole nitrogens is 1. The summed E-state index contributed by atoms with van der Waals surface area (Å²) >= 11 is 0. The third-order valence-electron chi connectivity index (χ3n) is 2.63. The maximum Gasteiger partial charge on any atom is 0.392 e. The number of nitrogens with zero attached hydrogens (tertiary/aromatic N) is 1. The molecule has 2 nitrogen and oxygen atoms in total. The summed E-state index contributed by atoms with van der Waals surface area (Å²) in [6.45, 7) is 1.76. The van der Waals surface area contributed by atoms with E-state index in [0.29, 0.717) is 17.9 Å². The van der Waals surface area contributed by atoms with Crippen molar-refractivity contribution in [2.75, 3.05) is 0 Å². The molecular weight excluding hydrogens is 193 g/mol. The number of aryl methyl sites for hydroxylation is 2. The molecule has 0 aliphatic heterocycles. The van der Waals surface area contributed by atoms with Crippen molar-refractivity contribution in [1.82, 2.24) is 9.97 Å². The third-order valence-corrected chi connectivity index (χ3v) is 2.63. The Hall–Kier alpha value is -1.00. The first-order chi connectivity index (χ1) is 6.47. The smallest absolute Gasteiger partial charge is 0.346 e. The monoisotopic (exact) mass is 204 g/mol. The van der Waals surface area contributed by atoms with Gasteiger partial charge >= 0.3 is 6.18 Å². The van der Waals surface area contributed by atoms with E-state index in [1.807, 2.05) is 0 Å². The third kappa shape index (κ3) is 1.63. The molecule has 0 saturated heterocycles. The van der Waals surface area contributed by atoms with Gasteiger partial charge in [-0.25, -0.2) is 4.98 Å². The first-order valence-electron chi connectivity index (χ1n) is 4.58. The Balaban J connectivity index is 2.21. The summed E-state index contributed by atoms with van der Waals surface area (Å²) in [5.41, 5.74) is 1.47. The normalized spacial score (nSPS) is 22.1. The Morgan fingerprint density at radius 2 is 2.14 bits per heavy atom. The van der Waals surface area contributed by atoms with Crippen LogP contribution in [0.2, 0.25) is 0 Å². The molecule has 0 aromatic carbocycles. The van der Waals surface area contributed by atoms with Crippen molar-refractivity contribution >= 4 is 0 Å². The van der Waals surface area contributed by atoms with E-state index >= 15 is 0 Å². The Bertz CT molecular complexity index is 340. The van der Waals surface area contributed by atoms with Gasteiger partial charge in [-0.3, -0.25) is 0 Å². The fourth-order valence-electron chi connectivity index (χ4n) is 1.90. The van der Waals surface area contributed by atoms with E-state index in [4.69, 9.17) is 0 Å². The van der Waals surface area contributed by atoms with E-state index in [2.05, 4.69) is 9.97 Å². The van der Waals surface area contributed by atoms with Crippen LogP contribution < -0.4 is 0 Å². The second-order valence-corrected chi connectivity index (χ2v) is 3.73. The maximum atomic E-state index is 12.4. The molecule has 1 aromatic rings. The van der Waals surface area contributed by atoms with Gasteiger partial charge in [0.1, 0.15) is 5.82 Å². The number of hydrogen-bond acceptors (Lipinski definition) is 1. The highest BCUT2D eigenvalue weighted by atomic mass is 19.4. The van der Waals surface area contributed by atoms with Crippen LogP contribution in [-0.4, -0.2) is 16.1 Å². The summed E-state index contributed by atoms with van der Waals surface area (Å²) in [5, 5.41) is 0. The van der Waals surface area contributed by atoms with Crippen molar-refractivity contribution in [3.8, 4) is 0 Å². The molecule has 0 amide bonds. The van der Waals surface area contributed by atoms with Crippen LogP contribution >= 0.6 is 0 Å². The first kappa shape index (κ1) is 9.55. The quantitative estimate of drug-likeness (QED) is 0.690. The van der Waals surface area contributed by atoms with Crippen LogP contribution in [0.1, 0.15) is 23.6 Å². The minimum absolute atomic E-state index is 0.0552. The predicted molar refractivity (Wildman–Crippen MR) is 44.9 cm³/mol. The van der Waals surface area contributed by atoms with E-state index < -0.39 is 12.1 Å². The van der Waals surface area contributed by atoms with E-state index in [-0.39, 0.29) is 12.8 Å². The molecule has 1 N–H and O–H groups in total. The first-order valence-corrected chi connectivity index (χ1v) is 4.58. The highest BCUT2D eigenvalue weighted by molar-refractivity contribution is 5.18. The molecule has 1 atom stereocenters. The van der Waals surface area contributed by atoms with Gasteiger partial charge in [0.25, 0.3) is 0 Å². The van der Waals surface area contributed by atoms with Gasteiger partial charge in [0, 0.05) is 12.1 Å². The number of hydrogen-bond donors (Lipinski definition) is 1. The number of aromatic nitrogens is 2.